The van der Waals surface area contributed by atoms with E-state index in [1.165, 1.54) is 11.3 Å². The van der Waals surface area contributed by atoms with Crippen LogP contribution in [-0.4, -0.2) is 30.3 Å². The highest BCUT2D eigenvalue weighted by Crippen LogP contribution is 2.32. The molecular formula is C18H21ClN2O3S. The number of nitrogens with zero attached hydrogens (tertiary/aromatic N) is 1. The molecule has 1 aromatic carbocycles. The summed E-state index contributed by atoms with van der Waals surface area (Å²) in [4.78, 5) is 19.9. The van der Waals surface area contributed by atoms with Gasteiger partial charge in [-0.15, -0.1) is 11.3 Å². The third kappa shape index (κ3) is 4.39. The minimum atomic E-state index is -0.105. The Bertz CT molecular complexity index is 905. The van der Waals surface area contributed by atoms with Gasteiger partial charge in [0.05, 0.1) is 17.8 Å². The Balaban J connectivity index is 0.00000109. The van der Waals surface area contributed by atoms with E-state index >= 15 is 0 Å². The highest BCUT2D eigenvalue weighted by molar-refractivity contribution is 7.13. The van der Waals surface area contributed by atoms with Crippen molar-refractivity contribution in [2.24, 2.45) is 0 Å². The molecule has 0 radical (unpaired) electrons. The first-order valence-corrected chi connectivity index (χ1v) is 9.25. The Kier molecular flexibility index (Phi) is 6.99. The molecule has 0 spiro atoms. The summed E-state index contributed by atoms with van der Waals surface area (Å²) in [5.74, 6) is 0.513. The van der Waals surface area contributed by atoms with E-state index in [-0.39, 0.29) is 5.43 Å². The molecule has 0 fully saturated rings. The van der Waals surface area contributed by atoms with Gasteiger partial charge in [-0.1, -0.05) is 25.4 Å². The van der Waals surface area contributed by atoms with Crippen molar-refractivity contribution in [3.63, 3.8) is 0 Å². The number of nitrogens with one attached hydrogen (secondary N) is 1. The Morgan fingerprint density at radius 2 is 2.04 bits per heavy atom. The van der Waals surface area contributed by atoms with Gasteiger partial charge in [-0.25, -0.2) is 4.98 Å². The molecule has 2 heterocycles. The fraction of sp³-hybridized carbons (Fsp3) is 0.333. The molecule has 25 heavy (non-hydrogen) atoms. The van der Waals surface area contributed by atoms with Crippen LogP contribution in [-0.2, 0) is 4.74 Å². The third-order valence-corrected chi connectivity index (χ3v) is 4.67. The molecule has 1 N–H and O–H groups in total. The monoisotopic (exact) mass is 380 g/mol. The first-order valence-electron chi connectivity index (χ1n) is 8.00. The summed E-state index contributed by atoms with van der Waals surface area (Å²) in [5.41, 5.74) is 2.01. The normalized spacial score (nSPS) is 10.4. The lowest BCUT2D eigenvalue weighted by Gasteiger charge is -2.10. The number of fused-ring (bicyclic) bond motifs is 1. The van der Waals surface area contributed by atoms with Crippen LogP contribution in [0.4, 0.5) is 0 Å². The topological polar surface area (TPSA) is 64.2 Å². The van der Waals surface area contributed by atoms with Crippen LogP contribution in [0.1, 0.15) is 19.5 Å². The summed E-state index contributed by atoms with van der Waals surface area (Å²) in [7, 11) is 1.60. The number of pyridine rings is 1. The lowest BCUT2D eigenvalue weighted by molar-refractivity contribution is 0.146. The lowest BCUT2D eigenvalue weighted by Crippen LogP contribution is -2.07. The van der Waals surface area contributed by atoms with Crippen molar-refractivity contribution >= 4 is 33.8 Å². The summed E-state index contributed by atoms with van der Waals surface area (Å²) in [6.07, 6.45) is 0. The number of hydrogen-bond donors (Lipinski definition) is 1. The molecular weight excluding hydrogens is 360 g/mol. The van der Waals surface area contributed by atoms with Crippen LogP contribution in [0.5, 0.6) is 5.75 Å². The van der Waals surface area contributed by atoms with Crippen LogP contribution in [0.15, 0.2) is 28.4 Å². The summed E-state index contributed by atoms with van der Waals surface area (Å²) in [6.45, 7) is 6.76. The maximum Gasteiger partial charge on any atom is 0.190 e. The number of halogens is 1. The largest absolute Gasteiger partial charge is 0.490 e. The number of methoxy groups -OCH3 is 1. The van der Waals surface area contributed by atoms with Crippen LogP contribution >= 0.6 is 22.9 Å². The molecule has 0 bridgehead atoms. The van der Waals surface area contributed by atoms with Gasteiger partial charge in [0.25, 0.3) is 0 Å². The Hall–Kier alpha value is -1.89. The summed E-state index contributed by atoms with van der Waals surface area (Å²) in [5, 5.41) is 3.59. The molecule has 0 amide bonds. The zero-order valence-corrected chi connectivity index (χ0v) is 16.3. The summed E-state index contributed by atoms with van der Waals surface area (Å²) < 4.78 is 10.5. The molecule has 0 atom stereocenters. The van der Waals surface area contributed by atoms with E-state index in [4.69, 9.17) is 21.1 Å². The summed E-state index contributed by atoms with van der Waals surface area (Å²) in [6, 6.07) is 4.95. The van der Waals surface area contributed by atoms with E-state index < -0.39 is 0 Å². The van der Waals surface area contributed by atoms with Crippen LogP contribution in [0.3, 0.4) is 0 Å². The van der Waals surface area contributed by atoms with Gasteiger partial charge < -0.3 is 14.5 Å². The van der Waals surface area contributed by atoms with E-state index in [1.807, 2.05) is 26.2 Å². The van der Waals surface area contributed by atoms with Crippen LogP contribution < -0.4 is 10.2 Å². The smallest absolute Gasteiger partial charge is 0.190 e. The van der Waals surface area contributed by atoms with Crippen molar-refractivity contribution in [3.05, 3.63) is 44.5 Å². The molecule has 134 valence electrons. The van der Waals surface area contributed by atoms with Gasteiger partial charge in [-0.05, 0) is 19.1 Å². The third-order valence-electron chi connectivity index (χ3n) is 3.30. The lowest BCUT2D eigenvalue weighted by atomic mass is 10.2. The summed E-state index contributed by atoms with van der Waals surface area (Å²) >= 11 is 7.88. The average Bonchev–Trinajstić information content (AvgIpc) is 3.05. The van der Waals surface area contributed by atoms with Gasteiger partial charge in [0.15, 0.2) is 5.43 Å². The minimum absolute atomic E-state index is 0.105. The molecule has 0 unspecified atom stereocenters. The molecule has 2 aromatic heterocycles. The molecule has 3 rings (SSSR count). The molecule has 0 saturated heterocycles. The number of thiazole rings is 1. The Labute approximate surface area is 155 Å². The number of aryl methyl sites for hydroxylation is 1. The van der Waals surface area contributed by atoms with Crippen molar-refractivity contribution in [1.29, 1.82) is 0 Å². The molecule has 3 aromatic rings. The van der Waals surface area contributed by atoms with Crippen LogP contribution in [0.2, 0.25) is 5.02 Å². The number of benzene rings is 1. The Morgan fingerprint density at radius 3 is 2.68 bits per heavy atom. The molecule has 7 heteroatoms. The van der Waals surface area contributed by atoms with Crippen molar-refractivity contribution in [3.8, 4) is 16.5 Å². The second kappa shape index (κ2) is 8.99. The molecule has 0 saturated carbocycles. The van der Waals surface area contributed by atoms with Gasteiger partial charge in [-0.2, -0.15) is 0 Å². The number of rotatable bonds is 5. The van der Waals surface area contributed by atoms with Crippen LogP contribution in [0.25, 0.3) is 21.6 Å². The predicted octanol–water partition coefficient (Wildman–Crippen LogP) is 4.66. The SMILES string of the molecule is CC.COCCOc1ccc2c(=O)cc(-c3nc(C)cs3)[nH]c2c1Cl. The fourth-order valence-electron chi connectivity index (χ4n) is 2.20. The van der Waals surface area contributed by atoms with E-state index in [9.17, 15) is 4.79 Å². The molecule has 0 aliphatic rings. The molecule has 0 aliphatic carbocycles. The number of aromatic amines is 1. The van der Waals surface area contributed by atoms with E-state index in [2.05, 4.69) is 9.97 Å². The number of hydrogen-bond acceptors (Lipinski definition) is 5. The maximum atomic E-state index is 12.3. The predicted molar refractivity (Wildman–Crippen MR) is 104 cm³/mol. The zero-order chi connectivity index (χ0) is 18.4. The second-order valence-electron chi connectivity index (χ2n) is 4.98. The van der Waals surface area contributed by atoms with Gasteiger partial charge in [-0.3, -0.25) is 4.79 Å². The Morgan fingerprint density at radius 1 is 1.28 bits per heavy atom. The quantitative estimate of drug-likeness (QED) is 0.653. The first kappa shape index (κ1) is 19.4. The van der Waals surface area contributed by atoms with Gasteiger partial charge in [0.1, 0.15) is 22.4 Å². The van der Waals surface area contributed by atoms with E-state index in [1.54, 1.807) is 25.3 Å². The van der Waals surface area contributed by atoms with Crippen molar-refractivity contribution in [1.82, 2.24) is 9.97 Å². The maximum absolute atomic E-state index is 12.3. The zero-order valence-electron chi connectivity index (χ0n) is 14.7. The number of aromatic nitrogens is 2. The minimum Gasteiger partial charge on any atom is -0.490 e. The van der Waals surface area contributed by atoms with Crippen molar-refractivity contribution in [2.75, 3.05) is 20.3 Å². The average molecular weight is 381 g/mol. The van der Waals surface area contributed by atoms with Crippen molar-refractivity contribution in [2.45, 2.75) is 20.8 Å². The van der Waals surface area contributed by atoms with E-state index in [0.29, 0.717) is 40.6 Å². The van der Waals surface area contributed by atoms with Crippen molar-refractivity contribution < 1.29 is 9.47 Å². The second-order valence-corrected chi connectivity index (χ2v) is 6.22. The first-order chi connectivity index (χ1) is 12.1. The van der Waals surface area contributed by atoms with Gasteiger partial charge in [0, 0.05) is 29.6 Å². The number of ether oxygens (including phenoxy) is 2. The van der Waals surface area contributed by atoms with E-state index in [0.717, 1.165) is 10.7 Å². The highest BCUT2D eigenvalue weighted by atomic mass is 35.5. The fourth-order valence-corrected chi connectivity index (χ4v) is 3.24. The highest BCUT2D eigenvalue weighted by Gasteiger charge is 2.13. The van der Waals surface area contributed by atoms with Crippen LogP contribution in [0, 0.1) is 6.92 Å². The standard InChI is InChI=1S/C16H15ClN2O3S.C2H6/c1-9-8-23-16(18-9)11-7-12(20)10-3-4-13(22-6-5-21-2)14(17)15(10)19-11;1-2/h3-4,7-8H,5-6H2,1-2H3,(H,19,20);1-2H3. The van der Waals surface area contributed by atoms with Gasteiger partial charge in [0.2, 0.25) is 0 Å². The molecule has 0 aliphatic heterocycles. The van der Waals surface area contributed by atoms with Gasteiger partial charge >= 0.3 is 0 Å². The number of H-pyrrole nitrogens is 1. The molecule has 5 nitrogen and oxygen atoms in total.